The lowest BCUT2D eigenvalue weighted by Crippen LogP contribution is -2.32. The SMILES string of the molecule is Cc1ccc(C(=O)N(C)CC(=O)O)cc1S(C)(=O)=O. The quantitative estimate of drug-likeness (QED) is 0.872. The Hall–Kier alpha value is -1.89. The summed E-state index contributed by atoms with van der Waals surface area (Å²) in [6.07, 6.45) is 1.06. The van der Waals surface area contributed by atoms with Crippen LogP contribution in [0.3, 0.4) is 0 Å². The van der Waals surface area contributed by atoms with Gasteiger partial charge in [0, 0.05) is 18.9 Å². The van der Waals surface area contributed by atoms with Gasteiger partial charge in [0.05, 0.1) is 4.90 Å². The van der Waals surface area contributed by atoms with E-state index in [1.807, 2.05) is 0 Å². The molecular formula is C12H15NO5S. The van der Waals surface area contributed by atoms with Crippen LogP contribution >= 0.6 is 0 Å². The highest BCUT2D eigenvalue weighted by atomic mass is 32.2. The second-order valence-corrected chi connectivity index (χ2v) is 6.29. The molecule has 0 aliphatic carbocycles. The van der Waals surface area contributed by atoms with Gasteiger partial charge in [-0.05, 0) is 24.6 Å². The van der Waals surface area contributed by atoms with Crippen LogP contribution in [0.1, 0.15) is 15.9 Å². The predicted molar refractivity (Wildman–Crippen MR) is 68.9 cm³/mol. The van der Waals surface area contributed by atoms with Crippen LogP contribution in [0.5, 0.6) is 0 Å². The average Bonchev–Trinajstić information content (AvgIpc) is 2.26. The van der Waals surface area contributed by atoms with Crippen LogP contribution in [0.15, 0.2) is 23.1 Å². The largest absolute Gasteiger partial charge is 0.480 e. The number of nitrogens with zero attached hydrogens (tertiary/aromatic N) is 1. The van der Waals surface area contributed by atoms with Gasteiger partial charge in [0.2, 0.25) is 0 Å². The Morgan fingerprint density at radius 2 is 1.89 bits per heavy atom. The number of amides is 1. The summed E-state index contributed by atoms with van der Waals surface area (Å²) in [5.74, 6) is -1.67. The zero-order valence-corrected chi connectivity index (χ0v) is 11.7. The monoisotopic (exact) mass is 285 g/mol. The predicted octanol–water partition coefficient (Wildman–Crippen LogP) is 0.555. The van der Waals surface area contributed by atoms with Gasteiger partial charge in [-0.15, -0.1) is 0 Å². The number of benzene rings is 1. The van der Waals surface area contributed by atoms with Crippen LogP contribution < -0.4 is 0 Å². The summed E-state index contributed by atoms with van der Waals surface area (Å²) < 4.78 is 23.1. The zero-order chi connectivity index (χ0) is 14.8. The molecule has 0 saturated heterocycles. The van der Waals surface area contributed by atoms with Crippen LogP contribution in [0.25, 0.3) is 0 Å². The fourth-order valence-corrected chi connectivity index (χ4v) is 2.62. The lowest BCUT2D eigenvalue weighted by molar-refractivity contribution is -0.137. The van der Waals surface area contributed by atoms with E-state index in [0.717, 1.165) is 11.2 Å². The van der Waals surface area contributed by atoms with Crippen LogP contribution in [-0.4, -0.2) is 50.1 Å². The summed E-state index contributed by atoms with van der Waals surface area (Å²) in [7, 11) is -2.08. The van der Waals surface area contributed by atoms with Gasteiger partial charge in [-0.25, -0.2) is 8.42 Å². The number of sulfone groups is 1. The minimum atomic E-state index is -3.43. The van der Waals surface area contributed by atoms with E-state index >= 15 is 0 Å². The Morgan fingerprint density at radius 3 is 2.37 bits per heavy atom. The first-order valence-corrected chi connectivity index (χ1v) is 7.30. The van der Waals surface area contributed by atoms with Crippen molar-refractivity contribution in [3.63, 3.8) is 0 Å². The number of aryl methyl sites for hydroxylation is 1. The maximum atomic E-state index is 11.9. The smallest absolute Gasteiger partial charge is 0.323 e. The number of carboxylic acids is 1. The zero-order valence-electron chi connectivity index (χ0n) is 10.9. The normalized spacial score (nSPS) is 11.1. The van der Waals surface area contributed by atoms with Gasteiger partial charge in [0.1, 0.15) is 6.54 Å². The topological polar surface area (TPSA) is 91.8 Å². The Bertz CT molecular complexity index is 621. The van der Waals surface area contributed by atoms with Crippen molar-refractivity contribution in [2.24, 2.45) is 0 Å². The molecule has 1 N–H and O–H groups in total. The van der Waals surface area contributed by atoms with Gasteiger partial charge < -0.3 is 10.0 Å². The number of carbonyl (C=O) groups is 2. The first kappa shape index (κ1) is 15.2. The summed E-state index contributed by atoms with van der Waals surface area (Å²) in [6.45, 7) is 1.19. The van der Waals surface area contributed by atoms with Gasteiger partial charge in [-0.3, -0.25) is 9.59 Å². The molecule has 7 heteroatoms. The molecule has 0 heterocycles. The molecule has 1 aromatic rings. The van der Waals surface area contributed by atoms with Crippen LogP contribution in [0.4, 0.5) is 0 Å². The number of carboxylic acid groups (broad SMARTS) is 1. The number of carbonyl (C=O) groups excluding carboxylic acids is 1. The third-order valence-electron chi connectivity index (χ3n) is 2.55. The van der Waals surface area contributed by atoms with Gasteiger partial charge in [-0.2, -0.15) is 0 Å². The van der Waals surface area contributed by atoms with E-state index in [0.29, 0.717) is 5.56 Å². The van der Waals surface area contributed by atoms with E-state index in [1.54, 1.807) is 6.92 Å². The van der Waals surface area contributed by atoms with Gasteiger partial charge >= 0.3 is 5.97 Å². The van der Waals surface area contributed by atoms with Crippen molar-refractivity contribution in [1.29, 1.82) is 0 Å². The number of likely N-dealkylation sites (N-methyl/N-ethyl adjacent to an activating group) is 1. The van der Waals surface area contributed by atoms with Crippen molar-refractivity contribution in [2.75, 3.05) is 19.8 Å². The van der Waals surface area contributed by atoms with Crippen LogP contribution in [0.2, 0.25) is 0 Å². The molecule has 1 rings (SSSR count). The fourth-order valence-electron chi connectivity index (χ4n) is 1.63. The van der Waals surface area contributed by atoms with Crippen molar-refractivity contribution >= 4 is 21.7 Å². The van der Waals surface area contributed by atoms with Crippen LogP contribution in [-0.2, 0) is 14.6 Å². The third-order valence-corrected chi connectivity index (χ3v) is 3.79. The molecule has 6 nitrogen and oxygen atoms in total. The molecule has 0 unspecified atom stereocenters. The highest BCUT2D eigenvalue weighted by Crippen LogP contribution is 2.17. The molecule has 0 atom stereocenters. The molecule has 1 amide bonds. The molecule has 0 aliphatic rings. The minimum absolute atomic E-state index is 0.0714. The molecule has 104 valence electrons. The molecule has 0 aliphatic heterocycles. The Balaban J connectivity index is 3.16. The van der Waals surface area contributed by atoms with Crippen molar-refractivity contribution in [1.82, 2.24) is 4.90 Å². The maximum Gasteiger partial charge on any atom is 0.323 e. The molecule has 1 aromatic carbocycles. The molecule has 0 bridgehead atoms. The molecular weight excluding hydrogens is 270 g/mol. The molecule has 0 radical (unpaired) electrons. The first-order chi connectivity index (χ1) is 8.62. The third kappa shape index (κ3) is 3.78. The van der Waals surface area contributed by atoms with E-state index in [4.69, 9.17) is 5.11 Å². The number of rotatable bonds is 4. The van der Waals surface area contributed by atoms with E-state index in [2.05, 4.69) is 0 Å². The summed E-state index contributed by atoms with van der Waals surface area (Å²) in [5.41, 5.74) is 0.690. The summed E-state index contributed by atoms with van der Waals surface area (Å²) in [4.78, 5) is 23.6. The summed E-state index contributed by atoms with van der Waals surface area (Å²) in [5, 5.41) is 8.62. The molecule has 0 fully saturated rings. The van der Waals surface area contributed by atoms with E-state index < -0.39 is 28.3 Å². The number of hydrogen-bond acceptors (Lipinski definition) is 4. The maximum absolute atomic E-state index is 11.9. The van der Waals surface area contributed by atoms with Crippen molar-refractivity contribution in [3.8, 4) is 0 Å². The van der Waals surface area contributed by atoms with Gasteiger partial charge in [-0.1, -0.05) is 6.07 Å². The molecule has 0 spiro atoms. The van der Waals surface area contributed by atoms with Crippen molar-refractivity contribution in [2.45, 2.75) is 11.8 Å². The average molecular weight is 285 g/mol. The van der Waals surface area contributed by atoms with E-state index in [-0.39, 0.29) is 10.5 Å². The van der Waals surface area contributed by atoms with Crippen molar-refractivity contribution in [3.05, 3.63) is 29.3 Å². The number of hydrogen-bond donors (Lipinski definition) is 1. The standard InChI is InChI=1S/C12H15NO5S/c1-8-4-5-9(6-10(8)19(3,17)18)12(16)13(2)7-11(14)15/h4-6H,7H2,1-3H3,(H,14,15). The summed E-state index contributed by atoms with van der Waals surface area (Å²) >= 11 is 0. The summed E-state index contributed by atoms with van der Waals surface area (Å²) in [6, 6.07) is 4.27. The highest BCUT2D eigenvalue weighted by Gasteiger charge is 2.18. The second-order valence-electron chi connectivity index (χ2n) is 4.31. The van der Waals surface area contributed by atoms with Crippen molar-refractivity contribution < 1.29 is 23.1 Å². The first-order valence-electron chi connectivity index (χ1n) is 5.41. The Kier molecular flexibility index (Phi) is 4.31. The second kappa shape index (κ2) is 5.40. The van der Waals surface area contributed by atoms with Gasteiger partial charge in [0.25, 0.3) is 5.91 Å². The molecule has 0 aromatic heterocycles. The number of aliphatic carboxylic acids is 1. The van der Waals surface area contributed by atoms with Gasteiger partial charge in [0.15, 0.2) is 9.84 Å². The Labute approximate surface area is 111 Å². The highest BCUT2D eigenvalue weighted by molar-refractivity contribution is 7.90. The van der Waals surface area contributed by atoms with E-state index in [9.17, 15) is 18.0 Å². The molecule has 19 heavy (non-hydrogen) atoms. The molecule has 0 saturated carbocycles. The fraction of sp³-hybridized carbons (Fsp3) is 0.333. The lowest BCUT2D eigenvalue weighted by atomic mass is 10.1. The van der Waals surface area contributed by atoms with E-state index in [1.165, 1.54) is 25.2 Å². The minimum Gasteiger partial charge on any atom is -0.480 e. The Morgan fingerprint density at radius 1 is 1.32 bits per heavy atom. The van der Waals surface area contributed by atoms with Crippen LogP contribution in [0, 0.1) is 6.92 Å². The lowest BCUT2D eigenvalue weighted by Gasteiger charge is -2.15.